The zero-order valence-electron chi connectivity index (χ0n) is 13.3. The van der Waals surface area contributed by atoms with Gasteiger partial charge in [-0.2, -0.15) is 0 Å². The first-order chi connectivity index (χ1) is 10.0. The maximum Gasteiger partial charge on any atom is 0.160 e. The van der Waals surface area contributed by atoms with Gasteiger partial charge in [0.05, 0.1) is 5.38 Å². The van der Waals surface area contributed by atoms with Crippen molar-refractivity contribution in [2.24, 2.45) is 5.92 Å². The SMILES string of the molecule is Cc1ccnc2c1nc(C(C)Cl)n2CCCOCC(C)C. The average molecular weight is 310 g/mol. The highest BCUT2D eigenvalue weighted by Crippen LogP contribution is 2.25. The van der Waals surface area contributed by atoms with Crippen molar-refractivity contribution in [3.63, 3.8) is 0 Å². The highest BCUT2D eigenvalue weighted by Gasteiger charge is 2.16. The quantitative estimate of drug-likeness (QED) is 0.571. The lowest BCUT2D eigenvalue weighted by Crippen LogP contribution is -2.09. The van der Waals surface area contributed by atoms with Gasteiger partial charge in [-0.05, 0) is 37.8 Å². The van der Waals surface area contributed by atoms with E-state index in [1.807, 2.05) is 19.2 Å². The molecule has 5 heteroatoms. The van der Waals surface area contributed by atoms with Gasteiger partial charge in [0.25, 0.3) is 0 Å². The molecule has 0 fully saturated rings. The fourth-order valence-electron chi connectivity index (χ4n) is 2.32. The zero-order chi connectivity index (χ0) is 15.4. The van der Waals surface area contributed by atoms with E-state index >= 15 is 0 Å². The Morgan fingerprint density at radius 1 is 1.33 bits per heavy atom. The smallest absolute Gasteiger partial charge is 0.160 e. The van der Waals surface area contributed by atoms with Crippen LogP contribution >= 0.6 is 11.6 Å². The highest BCUT2D eigenvalue weighted by atomic mass is 35.5. The summed E-state index contributed by atoms with van der Waals surface area (Å²) in [4.78, 5) is 9.14. The van der Waals surface area contributed by atoms with Gasteiger partial charge in [-0.1, -0.05) is 13.8 Å². The predicted molar refractivity (Wildman–Crippen MR) is 86.8 cm³/mol. The van der Waals surface area contributed by atoms with Gasteiger partial charge in [-0.3, -0.25) is 0 Å². The molecular formula is C16H24ClN3O. The monoisotopic (exact) mass is 309 g/mol. The highest BCUT2D eigenvalue weighted by molar-refractivity contribution is 6.20. The number of rotatable bonds is 7. The van der Waals surface area contributed by atoms with E-state index in [1.165, 1.54) is 0 Å². The lowest BCUT2D eigenvalue weighted by Gasteiger charge is -2.11. The van der Waals surface area contributed by atoms with Crippen molar-refractivity contribution in [1.82, 2.24) is 14.5 Å². The van der Waals surface area contributed by atoms with Gasteiger partial charge in [-0.15, -0.1) is 11.6 Å². The van der Waals surface area contributed by atoms with Crippen molar-refractivity contribution in [1.29, 1.82) is 0 Å². The summed E-state index contributed by atoms with van der Waals surface area (Å²) in [7, 11) is 0. The van der Waals surface area contributed by atoms with E-state index in [0.29, 0.717) is 5.92 Å². The first-order valence-corrected chi connectivity index (χ1v) is 7.98. The Morgan fingerprint density at radius 2 is 2.10 bits per heavy atom. The van der Waals surface area contributed by atoms with Crippen LogP contribution < -0.4 is 0 Å². The van der Waals surface area contributed by atoms with E-state index in [0.717, 1.165) is 48.7 Å². The van der Waals surface area contributed by atoms with Crippen LogP contribution in [-0.2, 0) is 11.3 Å². The van der Waals surface area contributed by atoms with Gasteiger partial charge in [0.1, 0.15) is 11.3 Å². The average Bonchev–Trinajstić information content (AvgIpc) is 2.79. The molecule has 2 aromatic heterocycles. The summed E-state index contributed by atoms with van der Waals surface area (Å²) >= 11 is 6.27. The van der Waals surface area contributed by atoms with E-state index in [1.54, 1.807) is 0 Å². The minimum Gasteiger partial charge on any atom is -0.381 e. The summed E-state index contributed by atoms with van der Waals surface area (Å²) in [5.41, 5.74) is 3.00. The van der Waals surface area contributed by atoms with Crippen LogP contribution in [0.1, 0.15) is 44.0 Å². The second kappa shape index (κ2) is 7.23. The van der Waals surface area contributed by atoms with Crippen molar-refractivity contribution >= 4 is 22.8 Å². The molecule has 0 aliphatic heterocycles. The van der Waals surface area contributed by atoms with Crippen LogP contribution in [-0.4, -0.2) is 27.7 Å². The van der Waals surface area contributed by atoms with Crippen molar-refractivity contribution in [3.05, 3.63) is 23.7 Å². The molecule has 0 spiro atoms. The molecule has 0 saturated carbocycles. The van der Waals surface area contributed by atoms with Gasteiger partial charge < -0.3 is 9.30 Å². The van der Waals surface area contributed by atoms with Crippen LogP contribution in [0.5, 0.6) is 0 Å². The molecule has 0 radical (unpaired) electrons. The summed E-state index contributed by atoms with van der Waals surface area (Å²) in [5.74, 6) is 1.46. The van der Waals surface area contributed by atoms with E-state index < -0.39 is 0 Å². The Kier molecular flexibility index (Phi) is 5.59. The van der Waals surface area contributed by atoms with Crippen molar-refractivity contribution in [3.8, 4) is 0 Å². The number of alkyl halides is 1. The van der Waals surface area contributed by atoms with Gasteiger partial charge >= 0.3 is 0 Å². The van der Waals surface area contributed by atoms with Gasteiger partial charge in [0, 0.05) is 26.0 Å². The van der Waals surface area contributed by atoms with E-state index in [4.69, 9.17) is 16.3 Å². The molecule has 1 atom stereocenters. The lowest BCUT2D eigenvalue weighted by atomic mass is 10.2. The number of fused-ring (bicyclic) bond motifs is 1. The maximum atomic E-state index is 6.27. The summed E-state index contributed by atoms with van der Waals surface area (Å²) in [6, 6.07) is 1.98. The number of hydrogen-bond acceptors (Lipinski definition) is 3. The summed E-state index contributed by atoms with van der Waals surface area (Å²) in [5, 5.41) is -0.129. The van der Waals surface area contributed by atoms with Gasteiger partial charge in [0.15, 0.2) is 5.65 Å². The Labute approximate surface area is 131 Å². The molecule has 0 aliphatic rings. The number of aryl methyl sites for hydroxylation is 2. The van der Waals surface area contributed by atoms with Crippen LogP contribution in [0.15, 0.2) is 12.3 Å². The third-order valence-electron chi connectivity index (χ3n) is 3.34. The van der Waals surface area contributed by atoms with Crippen LogP contribution in [0.3, 0.4) is 0 Å². The topological polar surface area (TPSA) is 39.9 Å². The summed E-state index contributed by atoms with van der Waals surface area (Å²) < 4.78 is 7.77. The third-order valence-corrected chi connectivity index (χ3v) is 3.54. The standard InChI is InChI=1S/C16H24ClN3O/c1-11(2)10-21-9-5-8-20-15(13(4)17)19-14-12(3)6-7-18-16(14)20/h6-7,11,13H,5,8-10H2,1-4H3. The second-order valence-corrected chi connectivity index (χ2v) is 6.51. The molecule has 2 rings (SSSR count). The molecule has 116 valence electrons. The Balaban J connectivity index is 2.13. The lowest BCUT2D eigenvalue weighted by molar-refractivity contribution is 0.105. The maximum absolute atomic E-state index is 6.27. The first-order valence-electron chi connectivity index (χ1n) is 7.54. The molecule has 1 unspecified atom stereocenters. The van der Waals surface area contributed by atoms with Gasteiger partial charge in [0.2, 0.25) is 0 Å². The molecular weight excluding hydrogens is 286 g/mol. The number of ether oxygens (including phenoxy) is 1. The summed E-state index contributed by atoms with van der Waals surface area (Å²) in [6.07, 6.45) is 2.76. The largest absolute Gasteiger partial charge is 0.381 e. The van der Waals surface area contributed by atoms with Crippen molar-refractivity contribution in [2.45, 2.75) is 46.0 Å². The molecule has 0 amide bonds. The van der Waals surface area contributed by atoms with Crippen LogP contribution in [0.2, 0.25) is 0 Å². The number of nitrogens with zero attached hydrogens (tertiary/aromatic N) is 3. The van der Waals surface area contributed by atoms with E-state index in [2.05, 4.69) is 35.3 Å². The molecule has 0 aliphatic carbocycles. The number of imidazole rings is 1. The van der Waals surface area contributed by atoms with Crippen LogP contribution in [0.4, 0.5) is 0 Å². The van der Waals surface area contributed by atoms with Gasteiger partial charge in [-0.25, -0.2) is 9.97 Å². The molecule has 2 aromatic rings. The van der Waals surface area contributed by atoms with Crippen LogP contribution in [0, 0.1) is 12.8 Å². The van der Waals surface area contributed by atoms with Crippen molar-refractivity contribution in [2.75, 3.05) is 13.2 Å². The number of aromatic nitrogens is 3. The molecule has 2 heterocycles. The molecule has 0 saturated heterocycles. The van der Waals surface area contributed by atoms with Crippen LogP contribution in [0.25, 0.3) is 11.2 Å². The first kappa shape index (κ1) is 16.2. The normalized spacial score (nSPS) is 13.2. The van der Waals surface area contributed by atoms with E-state index in [-0.39, 0.29) is 5.38 Å². The predicted octanol–water partition coefficient (Wildman–Crippen LogP) is 4.10. The number of halogens is 1. The molecule has 4 nitrogen and oxygen atoms in total. The number of hydrogen-bond donors (Lipinski definition) is 0. The second-order valence-electron chi connectivity index (χ2n) is 5.86. The van der Waals surface area contributed by atoms with Crippen molar-refractivity contribution < 1.29 is 4.74 Å². The summed E-state index contributed by atoms with van der Waals surface area (Å²) in [6.45, 7) is 10.7. The zero-order valence-corrected chi connectivity index (χ0v) is 14.0. The minimum atomic E-state index is -0.129. The minimum absolute atomic E-state index is 0.129. The molecule has 0 aromatic carbocycles. The molecule has 0 bridgehead atoms. The third kappa shape index (κ3) is 3.95. The fraction of sp³-hybridized carbons (Fsp3) is 0.625. The van der Waals surface area contributed by atoms with E-state index in [9.17, 15) is 0 Å². The Morgan fingerprint density at radius 3 is 2.76 bits per heavy atom. The number of pyridine rings is 1. The fourth-order valence-corrected chi connectivity index (χ4v) is 2.49. The molecule has 0 N–H and O–H groups in total. The Hall–Kier alpha value is -1.13. The Bertz CT molecular complexity index is 592. The molecule has 21 heavy (non-hydrogen) atoms.